The summed E-state index contributed by atoms with van der Waals surface area (Å²) >= 11 is 0. The molecule has 1 heterocycles. The molecule has 4 nitrogen and oxygen atoms in total. The molecule has 1 aromatic heterocycles. The minimum Gasteiger partial charge on any atom is -0.337 e. The van der Waals surface area contributed by atoms with E-state index in [1.807, 2.05) is 39.8 Å². The molecule has 0 aliphatic carbocycles. The lowest BCUT2D eigenvalue weighted by Gasteiger charge is -2.31. The lowest BCUT2D eigenvalue weighted by molar-refractivity contribution is -0.135. The normalized spacial score (nSPS) is 13.2. The van der Waals surface area contributed by atoms with Crippen LogP contribution >= 0.6 is 0 Å². The zero-order valence-electron chi connectivity index (χ0n) is 11.7. The Morgan fingerprint density at radius 2 is 1.94 bits per heavy atom. The summed E-state index contributed by atoms with van der Waals surface area (Å²) in [5.41, 5.74) is 6.87. The van der Waals surface area contributed by atoms with E-state index >= 15 is 0 Å². The Morgan fingerprint density at radius 3 is 2.39 bits per heavy atom. The van der Waals surface area contributed by atoms with Gasteiger partial charge in [-0.1, -0.05) is 20.8 Å². The molecule has 4 heteroatoms. The van der Waals surface area contributed by atoms with Gasteiger partial charge in [-0.05, 0) is 30.0 Å². The minimum absolute atomic E-state index is 0.00168. The lowest BCUT2D eigenvalue weighted by atomic mass is 9.86. The zero-order chi connectivity index (χ0) is 13.8. The summed E-state index contributed by atoms with van der Waals surface area (Å²) in [6, 6.07) is 3.36. The number of carbonyl (C=O) groups is 1. The van der Waals surface area contributed by atoms with Gasteiger partial charge in [-0.3, -0.25) is 9.78 Å². The van der Waals surface area contributed by atoms with Crippen molar-refractivity contribution in [3.05, 3.63) is 30.1 Å². The van der Waals surface area contributed by atoms with E-state index in [4.69, 9.17) is 5.73 Å². The highest BCUT2D eigenvalue weighted by Gasteiger charge is 2.30. The molecule has 0 saturated heterocycles. The van der Waals surface area contributed by atoms with Gasteiger partial charge in [0.1, 0.15) is 0 Å². The third-order valence-corrected chi connectivity index (χ3v) is 3.02. The van der Waals surface area contributed by atoms with Crippen LogP contribution in [0.1, 0.15) is 33.3 Å². The van der Waals surface area contributed by atoms with Crippen molar-refractivity contribution in [3.63, 3.8) is 0 Å². The summed E-state index contributed by atoms with van der Waals surface area (Å²) in [5.74, 6) is 0.00168. The molecule has 0 radical (unpaired) electrons. The van der Waals surface area contributed by atoms with Crippen LogP contribution in [-0.2, 0) is 11.3 Å². The van der Waals surface area contributed by atoms with E-state index < -0.39 is 6.04 Å². The highest BCUT2D eigenvalue weighted by molar-refractivity contribution is 5.82. The van der Waals surface area contributed by atoms with Gasteiger partial charge < -0.3 is 10.6 Å². The van der Waals surface area contributed by atoms with Crippen LogP contribution in [0.3, 0.4) is 0 Å². The first-order valence-electron chi connectivity index (χ1n) is 6.29. The van der Waals surface area contributed by atoms with Gasteiger partial charge >= 0.3 is 0 Å². The molecular formula is C14H23N3O. The first-order chi connectivity index (χ1) is 8.36. The summed E-state index contributed by atoms with van der Waals surface area (Å²) in [7, 11) is 0. The highest BCUT2D eigenvalue weighted by atomic mass is 16.2. The molecule has 0 saturated carbocycles. The standard InChI is InChI=1S/C14H23N3O/c1-5-17(10-11-6-8-16-9-7-11)13(18)12(15)14(2,3)4/h6-9,12H,5,10,15H2,1-4H3/t12-/m1/s1. The predicted octanol–water partition coefficient (Wildman–Crippen LogP) is 1.80. The van der Waals surface area contributed by atoms with Crippen molar-refractivity contribution in [1.29, 1.82) is 0 Å². The first-order valence-corrected chi connectivity index (χ1v) is 6.29. The number of nitrogens with two attached hydrogens (primary N) is 1. The summed E-state index contributed by atoms with van der Waals surface area (Å²) in [6.07, 6.45) is 3.47. The van der Waals surface area contributed by atoms with Crippen LogP contribution in [0.5, 0.6) is 0 Å². The van der Waals surface area contributed by atoms with Crippen molar-refractivity contribution < 1.29 is 4.79 Å². The van der Waals surface area contributed by atoms with E-state index in [0.717, 1.165) is 5.56 Å². The second-order valence-corrected chi connectivity index (χ2v) is 5.55. The zero-order valence-corrected chi connectivity index (χ0v) is 11.7. The Morgan fingerprint density at radius 1 is 1.39 bits per heavy atom. The Bertz CT molecular complexity index is 384. The van der Waals surface area contributed by atoms with Crippen molar-refractivity contribution >= 4 is 5.91 Å². The number of carbonyl (C=O) groups excluding carboxylic acids is 1. The maximum absolute atomic E-state index is 12.3. The van der Waals surface area contributed by atoms with E-state index in [2.05, 4.69) is 4.98 Å². The molecule has 0 bridgehead atoms. The fourth-order valence-corrected chi connectivity index (χ4v) is 1.62. The van der Waals surface area contributed by atoms with Gasteiger partial charge in [-0.15, -0.1) is 0 Å². The Labute approximate surface area is 109 Å². The maximum Gasteiger partial charge on any atom is 0.240 e. The SMILES string of the molecule is CCN(Cc1ccncc1)C(=O)[C@@H](N)C(C)(C)C. The molecule has 1 amide bonds. The second kappa shape index (κ2) is 5.96. The number of hydrogen-bond acceptors (Lipinski definition) is 3. The van der Waals surface area contributed by atoms with Crippen LogP contribution in [0.15, 0.2) is 24.5 Å². The second-order valence-electron chi connectivity index (χ2n) is 5.55. The van der Waals surface area contributed by atoms with Gasteiger partial charge in [0, 0.05) is 25.5 Å². The molecule has 18 heavy (non-hydrogen) atoms. The highest BCUT2D eigenvalue weighted by Crippen LogP contribution is 2.19. The van der Waals surface area contributed by atoms with E-state index in [1.165, 1.54) is 0 Å². The van der Waals surface area contributed by atoms with Crippen molar-refractivity contribution in [2.24, 2.45) is 11.1 Å². The van der Waals surface area contributed by atoms with E-state index in [9.17, 15) is 4.79 Å². The molecule has 100 valence electrons. The summed E-state index contributed by atoms with van der Waals surface area (Å²) in [5, 5.41) is 0. The van der Waals surface area contributed by atoms with E-state index in [0.29, 0.717) is 13.1 Å². The fraction of sp³-hybridized carbons (Fsp3) is 0.571. The Balaban J connectivity index is 2.75. The molecule has 0 fully saturated rings. The molecule has 2 N–H and O–H groups in total. The van der Waals surface area contributed by atoms with Gasteiger partial charge in [0.25, 0.3) is 0 Å². The smallest absolute Gasteiger partial charge is 0.240 e. The molecule has 1 rings (SSSR count). The van der Waals surface area contributed by atoms with E-state index in [1.54, 1.807) is 17.3 Å². The summed E-state index contributed by atoms with van der Waals surface area (Å²) in [6.45, 7) is 9.16. The Hall–Kier alpha value is -1.42. The monoisotopic (exact) mass is 249 g/mol. The van der Waals surface area contributed by atoms with Gasteiger partial charge in [0.15, 0.2) is 0 Å². The van der Waals surface area contributed by atoms with E-state index in [-0.39, 0.29) is 11.3 Å². The first kappa shape index (κ1) is 14.6. The molecule has 1 atom stereocenters. The van der Waals surface area contributed by atoms with Crippen LogP contribution in [0.2, 0.25) is 0 Å². The van der Waals surface area contributed by atoms with Crippen LogP contribution in [0, 0.1) is 5.41 Å². The Kier molecular flexibility index (Phi) is 4.84. The summed E-state index contributed by atoms with van der Waals surface area (Å²) in [4.78, 5) is 18.1. The molecule has 0 aromatic carbocycles. The molecule has 0 unspecified atom stereocenters. The number of pyridine rings is 1. The number of likely N-dealkylation sites (N-methyl/N-ethyl adjacent to an activating group) is 1. The van der Waals surface area contributed by atoms with Crippen LogP contribution in [0.25, 0.3) is 0 Å². The fourth-order valence-electron chi connectivity index (χ4n) is 1.62. The van der Waals surface area contributed by atoms with Crippen LogP contribution in [-0.4, -0.2) is 28.4 Å². The summed E-state index contributed by atoms with van der Waals surface area (Å²) < 4.78 is 0. The number of nitrogens with zero attached hydrogens (tertiary/aromatic N) is 2. The number of rotatable bonds is 4. The average Bonchev–Trinajstić information content (AvgIpc) is 2.34. The van der Waals surface area contributed by atoms with Crippen LogP contribution < -0.4 is 5.73 Å². The van der Waals surface area contributed by atoms with Crippen molar-refractivity contribution in [2.45, 2.75) is 40.3 Å². The molecular weight excluding hydrogens is 226 g/mol. The quantitative estimate of drug-likeness (QED) is 0.885. The lowest BCUT2D eigenvalue weighted by Crippen LogP contribution is -2.50. The van der Waals surface area contributed by atoms with Gasteiger partial charge in [-0.25, -0.2) is 0 Å². The van der Waals surface area contributed by atoms with Gasteiger partial charge in [-0.2, -0.15) is 0 Å². The molecule has 0 aliphatic rings. The molecule has 1 aromatic rings. The van der Waals surface area contributed by atoms with Gasteiger partial charge in [0.05, 0.1) is 6.04 Å². The maximum atomic E-state index is 12.3. The predicted molar refractivity (Wildman–Crippen MR) is 72.8 cm³/mol. The third-order valence-electron chi connectivity index (χ3n) is 3.02. The minimum atomic E-state index is -0.473. The molecule has 0 aliphatic heterocycles. The third kappa shape index (κ3) is 3.81. The van der Waals surface area contributed by atoms with Crippen molar-refractivity contribution in [3.8, 4) is 0 Å². The topological polar surface area (TPSA) is 59.2 Å². The number of hydrogen-bond donors (Lipinski definition) is 1. The molecule has 0 spiro atoms. The van der Waals surface area contributed by atoms with Crippen LogP contribution in [0.4, 0.5) is 0 Å². The van der Waals surface area contributed by atoms with Crippen molar-refractivity contribution in [1.82, 2.24) is 9.88 Å². The van der Waals surface area contributed by atoms with Gasteiger partial charge in [0.2, 0.25) is 5.91 Å². The van der Waals surface area contributed by atoms with Crippen molar-refractivity contribution in [2.75, 3.05) is 6.54 Å². The largest absolute Gasteiger partial charge is 0.337 e. The number of aromatic nitrogens is 1. The average molecular weight is 249 g/mol. The number of amides is 1.